The summed E-state index contributed by atoms with van der Waals surface area (Å²) in [6, 6.07) is 15.9. The Hall–Kier alpha value is -3.70. The largest absolute Gasteiger partial charge is 0.493 e. The molecule has 1 N–H and O–H groups in total. The minimum atomic E-state index is 0. The standard InChI is InChI=1S/C22H29N3O2.C17H21ClN2O2.C5H9N.ClH/c1-3-19-7-8-23-22(24-19)12-16-5-6-20(26-2)21(11-16)27-10-4-9-25-14-17-13-18(17)15-25;1-3-14-7-9-19-17(20-14)12-13-5-6-15(21-2)16(11-13)22-10-4-8-18;1-4-2-6-3-5(1)4;/h5-8,11,17-18H,3-4,9-10,12-15H2,1-2H3;5-7,9,11H,3-4,8,10,12H2,1-2H3;4-6H,1-3H2;1H. The van der Waals surface area contributed by atoms with Crippen LogP contribution in [-0.4, -0.2) is 90.9 Å². The van der Waals surface area contributed by atoms with Crippen molar-refractivity contribution in [1.82, 2.24) is 30.2 Å². The molecule has 2 aromatic heterocycles. The van der Waals surface area contributed by atoms with E-state index in [-0.39, 0.29) is 12.4 Å². The van der Waals surface area contributed by atoms with Gasteiger partial charge in [0.05, 0.1) is 27.4 Å². The lowest BCUT2D eigenvalue weighted by atomic mass is 10.1. The van der Waals surface area contributed by atoms with Crippen LogP contribution in [-0.2, 0) is 25.7 Å². The van der Waals surface area contributed by atoms with Crippen LogP contribution in [0.2, 0.25) is 0 Å². The Morgan fingerprint density at radius 2 is 1.18 bits per heavy atom. The number of piperidine rings is 2. The maximum absolute atomic E-state index is 6.06. The molecule has 12 heteroatoms. The Morgan fingerprint density at radius 1 is 0.679 bits per heavy atom. The van der Waals surface area contributed by atoms with Crippen LogP contribution in [0.25, 0.3) is 0 Å². The molecule has 2 aliphatic carbocycles. The van der Waals surface area contributed by atoms with Crippen LogP contribution in [0.5, 0.6) is 23.0 Å². The first-order valence-corrected chi connectivity index (χ1v) is 20.7. The van der Waals surface area contributed by atoms with E-state index in [2.05, 4.69) is 56.1 Å². The third-order valence-corrected chi connectivity index (χ3v) is 11.0. The Bertz CT molecular complexity index is 1780. The van der Waals surface area contributed by atoms with Gasteiger partial charge in [0.1, 0.15) is 11.6 Å². The molecule has 56 heavy (non-hydrogen) atoms. The van der Waals surface area contributed by atoms with Crippen LogP contribution < -0.4 is 24.3 Å². The molecule has 2 aromatic carbocycles. The van der Waals surface area contributed by atoms with Crippen molar-refractivity contribution in [2.45, 2.75) is 65.2 Å². The van der Waals surface area contributed by atoms with Gasteiger partial charge in [0.2, 0.25) is 0 Å². The number of methoxy groups -OCH3 is 2. The summed E-state index contributed by atoms with van der Waals surface area (Å²) < 4.78 is 22.6. The summed E-state index contributed by atoms with van der Waals surface area (Å²) in [5.41, 5.74) is 4.36. The van der Waals surface area contributed by atoms with Gasteiger partial charge in [-0.1, -0.05) is 26.0 Å². The summed E-state index contributed by atoms with van der Waals surface area (Å²) in [5, 5.41) is 3.32. The molecule has 0 spiro atoms. The smallest absolute Gasteiger partial charge is 0.161 e. The molecule has 4 atom stereocenters. The van der Waals surface area contributed by atoms with E-state index in [0.29, 0.717) is 31.9 Å². The Kier molecular flexibility index (Phi) is 17.3. The summed E-state index contributed by atoms with van der Waals surface area (Å²) in [4.78, 5) is 20.4. The van der Waals surface area contributed by atoms with Gasteiger partial charge in [-0.25, -0.2) is 19.9 Å². The maximum Gasteiger partial charge on any atom is 0.161 e. The Balaban J connectivity index is 0.000000185. The average Bonchev–Trinajstić information content (AvgIpc) is 4.05. The van der Waals surface area contributed by atoms with E-state index >= 15 is 0 Å². The third kappa shape index (κ3) is 13.2. The van der Waals surface area contributed by atoms with Crippen molar-refractivity contribution in [3.05, 3.63) is 95.1 Å². The van der Waals surface area contributed by atoms with Crippen LogP contribution >= 0.6 is 24.0 Å². The van der Waals surface area contributed by atoms with E-state index in [0.717, 1.165) is 113 Å². The topological polar surface area (TPSA) is 104 Å². The van der Waals surface area contributed by atoms with Gasteiger partial charge < -0.3 is 29.2 Å². The number of halogens is 2. The van der Waals surface area contributed by atoms with Crippen LogP contribution in [0.4, 0.5) is 0 Å². The molecule has 4 heterocycles. The highest BCUT2D eigenvalue weighted by molar-refractivity contribution is 6.17. The van der Waals surface area contributed by atoms with Crippen LogP contribution in [0.3, 0.4) is 0 Å². The summed E-state index contributed by atoms with van der Waals surface area (Å²) in [6.45, 7) is 11.8. The zero-order valence-corrected chi connectivity index (χ0v) is 35.1. The molecule has 4 unspecified atom stereocenters. The van der Waals surface area contributed by atoms with Gasteiger partial charge in [0, 0.05) is 62.1 Å². The fraction of sp³-hybridized carbons (Fsp3) is 0.545. The number of alkyl halides is 1. The van der Waals surface area contributed by atoms with E-state index in [1.54, 1.807) is 14.2 Å². The van der Waals surface area contributed by atoms with E-state index in [4.69, 9.17) is 30.5 Å². The van der Waals surface area contributed by atoms with Gasteiger partial charge >= 0.3 is 0 Å². The minimum absolute atomic E-state index is 0. The van der Waals surface area contributed by atoms with Crippen LogP contribution in [0, 0.1) is 23.7 Å². The van der Waals surface area contributed by atoms with E-state index in [1.165, 1.54) is 39.0 Å². The van der Waals surface area contributed by atoms with E-state index in [9.17, 15) is 0 Å². The maximum atomic E-state index is 6.06. The molecule has 2 saturated carbocycles. The highest BCUT2D eigenvalue weighted by Crippen LogP contribution is 2.44. The predicted molar refractivity (Wildman–Crippen MR) is 225 cm³/mol. The van der Waals surface area contributed by atoms with E-state index in [1.807, 2.05) is 48.8 Å². The van der Waals surface area contributed by atoms with Gasteiger partial charge in [0.25, 0.3) is 0 Å². The number of benzene rings is 2. The molecular weight excluding hydrogens is 747 g/mol. The van der Waals surface area contributed by atoms with Gasteiger partial charge in [0.15, 0.2) is 23.0 Å². The fourth-order valence-electron chi connectivity index (χ4n) is 7.35. The summed E-state index contributed by atoms with van der Waals surface area (Å²) in [5.74, 6) is 9.49. The second kappa shape index (κ2) is 22.3. The second-order valence-electron chi connectivity index (χ2n) is 15.0. The predicted octanol–water partition coefficient (Wildman–Crippen LogP) is 7.65. The number of aryl methyl sites for hydroxylation is 2. The number of rotatable bonds is 17. The molecule has 2 aliphatic heterocycles. The molecule has 4 aliphatic rings. The third-order valence-electron chi connectivity index (χ3n) is 10.8. The molecule has 4 fully saturated rings. The van der Waals surface area contributed by atoms with Gasteiger partial charge in [-0.2, -0.15) is 0 Å². The molecular formula is C44H60Cl2N6O4. The lowest BCUT2D eigenvalue weighted by Crippen LogP contribution is -2.25. The minimum Gasteiger partial charge on any atom is -0.493 e. The summed E-state index contributed by atoms with van der Waals surface area (Å²) in [6.07, 6.45) is 11.7. The highest BCUT2D eigenvalue weighted by Gasteiger charge is 2.44. The van der Waals surface area contributed by atoms with Gasteiger partial charge in [-0.3, -0.25) is 0 Å². The number of hydrogen-bond acceptors (Lipinski definition) is 10. The Labute approximate surface area is 344 Å². The molecule has 2 saturated heterocycles. The number of ether oxygens (including phenoxy) is 4. The van der Waals surface area contributed by atoms with Gasteiger partial charge in [-0.15, -0.1) is 24.0 Å². The number of fused-ring (bicyclic) bond motifs is 2. The van der Waals surface area contributed by atoms with Crippen molar-refractivity contribution in [3.8, 4) is 23.0 Å². The number of likely N-dealkylation sites (tertiary alicyclic amines) is 1. The quantitative estimate of drug-likeness (QED) is 0.0846. The first-order valence-electron chi connectivity index (χ1n) is 20.2. The fourth-order valence-corrected chi connectivity index (χ4v) is 7.46. The first kappa shape index (κ1) is 43.4. The van der Waals surface area contributed by atoms with Crippen molar-refractivity contribution >= 4 is 24.0 Å². The van der Waals surface area contributed by atoms with Crippen molar-refractivity contribution in [2.24, 2.45) is 23.7 Å². The first-order chi connectivity index (χ1) is 27.0. The summed E-state index contributed by atoms with van der Waals surface area (Å²) in [7, 11) is 3.32. The SMILES string of the molecule is C1NCC2CC12.CCc1ccnc(Cc2ccc(OC)c(OCCCCl)c2)n1.CCc1ccnc(Cc2ccc(OC)c(OCCCN3CC4CC4C3)c2)n1.Cl. The number of nitrogens with zero attached hydrogens (tertiary/aromatic N) is 5. The molecule has 8 rings (SSSR count). The monoisotopic (exact) mass is 806 g/mol. The summed E-state index contributed by atoms with van der Waals surface area (Å²) >= 11 is 5.68. The lowest BCUT2D eigenvalue weighted by Gasteiger charge is -2.17. The van der Waals surface area contributed by atoms with Crippen LogP contribution in [0.15, 0.2) is 60.9 Å². The molecule has 0 bridgehead atoms. The molecule has 10 nitrogen and oxygen atoms in total. The van der Waals surface area contributed by atoms with Crippen molar-refractivity contribution < 1.29 is 18.9 Å². The normalized spacial score (nSPS) is 19.9. The molecule has 0 amide bonds. The molecule has 4 aromatic rings. The highest BCUT2D eigenvalue weighted by atomic mass is 35.5. The van der Waals surface area contributed by atoms with E-state index < -0.39 is 0 Å². The lowest BCUT2D eigenvalue weighted by molar-refractivity contribution is 0.243. The van der Waals surface area contributed by atoms with Crippen molar-refractivity contribution in [1.29, 1.82) is 0 Å². The zero-order chi connectivity index (χ0) is 38.4. The number of hydrogen-bond donors (Lipinski definition) is 1. The van der Waals surface area contributed by atoms with Crippen molar-refractivity contribution in [3.63, 3.8) is 0 Å². The second-order valence-corrected chi connectivity index (χ2v) is 15.4. The van der Waals surface area contributed by atoms with Crippen molar-refractivity contribution in [2.75, 3.05) is 66.0 Å². The van der Waals surface area contributed by atoms with Crippen LogP contribution in [0.1, 0.15) is 73.7 Å². The number of nitrogens with one attached hydrogen (secondary N) is 1. The van der Waals surface area contributed by atoms with Gasteiger partial charge in [-0.05, 0) is 123 Å². The zero-order valence-electron chi connectivity index (χ0n) is 33.6. The Morgan fingerprint density at radius 3 is 1.61 bits per heavy atom. The number of aromatic nitrogens is 4. The average molecular weight is 808 g/mol. The molecule has 304 valence electrons. The molecule has 0 radical (unpaired) electrons.